The summed E-state index contributed by atoms with van der Waals surface area (Å²) in [4.78, 5) is 17.2. The van der Waals surface area contributed by atoms with Crippen LogP contribution in [0, 0.1) is 0 Å². The Hall–Kier alpha value is -2.97. The summed E-state index contributed by atoms with van der Waals surface area (Å²) in [7, 11) is 1.72. The van der Waals surface area contributed by atoms with Crippen molar-refractivity contribution < 1.29 is 9.90 Å². The predicted octanol–water partition coefficient (Wildman–Crippen LogP) is 0.940. The van der Waals surface area contributed by atoms with E-state index in [0.717, 1.165) is 37.4 Å². The number of aryl methyl sites for hydroxylation is 1. The van der Waals surface area contributed by atoms with Crippen LogP contribution in [0.3, 0.4) is 0 Å². The summed E-state index contributed by atoms with van der Waals surface area (Å²) in [5, 5.41) is 21.5. The molecule has 0 aliphatic carbocycles. The van der Waals surface area contributed by atoms with Crippen LogP contribution in [0.15, 0.2) is 24.4 Å². The molecule has 0 saturated carbocycles. The van der Waals surface area contributed by atoms with E-state index >= 15 is 0 Å². The summed E-state index contributed by atoms with van der Waals surface area (Å²) < 4.78 is 3.56. The fourth-order valence-corrected chi connectivity index (χ4v) is 3.22. The normalized spacial score (nSPS) is 16.0. The topological polar surface area (TPSA) is 101 Å². The van der Waals surface area contributed by atoms with Gasteiger partial charge in [0.1, 0.15) is 5.82 Å². The summed E-state index contributed by atoms with van der Waals surface area (Å²) in [5.74, 6) is 0.622. The Morgan fingerprint density at radius 1 is 1.25 bits per heavy atom. The zero-order valence-electron chi connectivity index (χ0n) is 13.2. The summed E-state index contributed by atoms with van der Waals surface area (Å²) in [5.41, 5.74) is 0.856. The first kappa shape index (κ1) is 14.6. The Morgan fingerprint density at radius 2 is 2.04 bits per heavy atom. The Bertz CT molecular complexity index is 892. The number of carboxylic acid groups (broad SMARTS) is 1. The third-order valence-corrected chi connectivity index (χ3v) is 4.41. The third kappa shape index (κ3) is 2.38. The fourth-order valence-electron chi connectivity index (χ4n) is 3.22. The summed E-state index contributed by atoms with van der Waals surface area (Å²) in [6.45, 7) is 1.55. The molecule has 24 heavy (non-hydrogen) atoms. The smallest absolute Gasteiger partial charge is 0.375 e. The zero-order valence-corrected chi connectivity index (χ0v) is 13.2. The van der Waals surface area contributed by atoms with Gasteiger partial charge in [-0.2, -0.15) is 4.98 Å². The molecule has 0 spiro atoms. The molecular formula is C15H17N7O2. The number of fused-ring (bicyclic) bond motifs is 1. The molecule has 1 aliphatic heterocycles. The van der Waals surface area contributed by atoms with Gasteiger partial charge in [0.15, 0.2) is 5.65 Å². The molecule has 1 saturated heterocycles. The van der Waals surface area contributed by atoms with Crippen LogP contribution in [0.5, 0.6) is 0 Å². The summed E-state index contributed by atoms with van der Waals surface area (Å²) in [6, 6.07) is 5.87. The van der Waals surface area contributed by atoms with Crippen molar-refractivity contribution in [3.63, 3.8) is 0 Å². The molecule has 1 aliphatic rings. The van der Waals surface area contributed by atoms with E-state index in [1.807, 2.05) is 28.8 Å². The number of hydrogen-bond donors (Lipinski definition) is 1. The molecule has 124 valence electrons. The third-order valence-electron chi connectivity index (χ3n) is 4.41. The van der Waals surface area contributed by atoms with E-state index in [4.69, 9.17) is 5.11 Å². The van der Waals surface area contributed by atoms with E-state index < -0.39 is 5.97 Å². The van der Waals surface area contributed by atoms with Gasteiger partial charge in [-0.3, -0.25) is 4.40 Å². The minimum atomic E-state index is -1.11. The molecule has 0 atom stereocenters. The second-order valence-corrected chi connectivity index (χ2v) is 5.91. The van der Waals surface area contributed by atoms with E-state index in [1.54, 1.807) is 7.05 Å². The lowest BCUT2D eigenvalue weighted by Gasteiger charge is -2.31. The van der Waals surface area contributed by atoms with Crippen molar-refractivity contribution in [2.45, 2.75) is 18.8 Å². The molecular weight excluding hydrogens is 310 g/mol. The van der Waals surface area contributed by atoms with Gasteiger partial charge >= 0.3 is 5.97 Å². The lowest BCUT2D eigenvalue weighted by molar-refractivity contribution is 0.0683. The molecule has 1 N–H and O–H groups in total. The first-order chi connectivity index (χ1) is 11.6. The Kier molecular flexibility index (Phi) is 3.40. The van der Waals surface area contributed by atoms with Crippen molar-refractivity contribution in [2.24, 2.45) is 7.05 Å². The monoisotopic (exact) mass is 327 g/mol. The lowest BCUT2D eigenvalue weighted by atomic mass is 9.96. The number of carbonyl (C=O) groups is 1. The van der Waals surface area contributed by atoms with Crippen molar-refractivity contribution in [1.82, 2.24) is 29.4 Å². The molecule has 9 nitrogen and oxygen atoms in total. The Morgan fingerprint density at radius 3 is 2.75 bits per heavy atom. The van der Waals surface area contributed by atoms with Crippen LogP contribution in [0.1, 0.15) is 35.2 Å². The Labute approximate surface area is 137 Å². The van der Waals surface area contributed by atoms with Crippen LogP contribution in [-0.2, 0) is 7.05 Å². The number of hydrogen-bond acceptors (Lipinski definition) is 6. The van der Waals surface area contributed by atoms with Crippen LogP contribution in [0.2, 0.25) is 0 Å². The molecule has 4 rings (SSSR count). The highest BCUT2D eigenvalue weighted by atomic mass is 16.4. The SMILES string of the molecule is Cn1nc(C(=O)O)nc1N1CCC(c2nnc3ccccn23)CC1. The van der Waals surface area contributed by atoms with Crippen LogP contribution in [0.25, 0.3) is 5.65 Å². The minimum Gasteiger partial charge on any atom is -0.475 e. The van der Waals surface area contributed by atoms with E-state index in [9.17, 15) is 4.79 Å². The number of aromatic carboxylic acids is 1. The summed E-state index contributed by atoms with van der Waals surface area (Å²) in [6.07, 6.45) is 3.80. The highest BCUT2D eigenvalue weighted by Gasteiger charge is 2.27. The molecule has 0 amide bonds. The van der Waals surface area contributed by atoms with Crippen LogP contribution < -0.4 is 4.90 Å². The van der Waals surface area contributed by atoms with E-state index in [2.05, 4.69) is 25.2 Å². The number of rotatable bonds is 3. The van der Waals surface area contributed by atoms with Gasteiger partial charge in [-0.05, 0) is 25.0 Å². The largest absolute Gasteiger partial charge is 0.475 e. The van der Waals surface area contributed by atoms with Gasteiger partial charge < -0.3 is 10.0 Å². The molecule has 9 heteroatoms. The standard InChI is InChI=1S/C15H17N7O2/c1-20-15(16-12(19-20)14(23)24)21-8-5-10(6-9-21)13-18-17-11-4-2-3-7-22(11)13/h2-4,7,10H,5-6,8-9H2,1H3,(H,23,24). The number of pyridine rings is 1. The molecule has 3 aromatic heterocycles. The van der Waals surface area contributed by atoms with Gasteiger partial charge in [-0.1, -0.05) is 6.07 Å². The Balaban J connectivity index is 1.52. The first-order valence-corrected chi connectivity index (χ1v) is 7.82. The van der Waals surface area contributed by atoms with Crippen LogP contribution in [-0.4, -0.2) is 53.5 Å². The second-order valence-electron chi connectivity index (χ2n) is 5.91. The maximum atomic E-state index is 11.0. The zero-order chi connectivity index (χ0) is 16.7. The minimum absolute atomic E-state index is 0.168. The molecule has 1 fully saturated rings. The van der Waals surface area contributed by atoms with Crippen molar-refractivity contribution >= 4 is 17.6 Å². The second kappa shape index (κ2) is 5.59. The fraction of sp³-hybridized carbons (Fsp3) is 0.400. The molecule has 4 heterocycles. The highest BCUT2D eigenvalue weighted by molar-refractivity contribution is 5.83. The number of aromatic nitrogens is 6. The van der Waals surface area contributed by atoms with Gasteiger partial charge in [-0.15, -0.1) is 15.3 Å². The van der Waals surface area contributed by atoms with Gasteiger partial charge in [0, 0.05) is 32.3 Å². The molecule has 0 radical (unpaired) electrons. The maximum Gasteiger partial charge on any atom is 0.375 e. The number of nitrogens with zero attached hydrogens (tertiary/aromatic N) is 7. The quantitative estimate of drug-likeness (QED) is 0.764. The van der Waals surface area contributed by atoms with Gasteiger partial charge in [0.25, 0.3) is 5.82 Å². The van der Waals surface area contributed by atoms with Gasteiger partial charge in [0.05, 0.1) is 0 Å². The van der Waals surface area contributed by atoms with E-state index in [0.29, 0.717) is 11.9 Å². The van der Waals surface area contributed by atoms with Crippen molar-refractivity contribution in [1.29, 1.82) is 0 Å². The molecule has 0 bridgehead atoms. The first-order valence-electron chi connectivity index (χ1n) is 7.82. The lowest BCUT2D eigenvalue weighted by Crippen LogP contribution is -2.35. The average molecular weight is 327 g/mol. The van der Waals surface area contributed by atoms with Crippen LogP contribution >= 0.6 is 0 Å². The molecule has 0 aromatic carbocycles. The number of carboxylic acids is 1. The van der Waals surface area contributed by atoms with E-state index in [-0.39, 0.29) is 5.82 Å². The van der Waals surface area contributed by atoms with Crippen molar-refractivity contribution in [3.8, 4) is 0 Å². The predicted molar refractivity (Wildman–Crippen MR) is 85.1 cm³/mol. The number of piperidine rings is 1. The number of anilines is 1. The van der Waals surface area contributed by atoms with Crippen molar-refractivity contribution in [3.05, 3.63) is 36.0 Å². The molecule has 0 unspecified atom stereocenters. The molecule has 3 aromatic rings. The van der Waals surface area contributed by atoms with Gasteiger partial charge in [0.2, 0.25) is 5.95 Å². The van der Waals surface area contributed by atoms with E-state index in [1.165, 1.54) is 4.68 Å². The van der Waals surface area contributed by atoms with Crippen molar-refractivity contribution in [2.75, 3.05) is 18.0 Å². The maximum absolute atomic E-state index is 11.0. The summed E-state index contributed by atoms with van der Waals surface area (Å²) >= 11 is 0. The van der Waals surface area contributed by atoms with Crippen LogP contribution in [0.4, 0.5) is 5.95 Å². The highest BCUT2D eigenvalue weighted by Crippen LogP contribution is 2.29. The van der Waals surface area contributed by atoms with Gasteiger partial charge in [-0.25, -0.2) is 9.48 Å². The average Bonchev–Trinajstić information content (AvgIpc) is 3.19.